The van der Waals surface area contributed by atoms with E-state index in [-0.39, 0.29) is 11.7 Å². The predicted molar refractivity (Wildman–Crippen MR) is 75.0 cm³/mol. The molecule has 1 heterocycles. The molecule has 1 aromatic rings. The largest absolute Gasteiger partial charge is 0.496 e. The van der Waals surface area contributed by atoms with Crippen molar-refractivity contribution in [3.05, 3.63) is 29.6 Å². The minimum Gasteiger partial charge on any atom is -0.496 e. The summed E-state index contributed by atoms with van der Waals surface area (Å²) in [4.78, 5) is 2.32. The van der Waals surface area contributed by atoms with Crippen LogP contribution in [-0.4, -0.2) is 38.7 Å². The number of likely N-dealkylation sites (tertiary alicyclic amines) is 1. The lowest BCUT2D eigenvalue weighted by Gasteiger charge is -2.35. The minimum atomic E-state index is -0.224. The molecule has 106 valence electrons. The van der Waals surface area contributed by atoms with Crippen LogP contribution >= 0.6 is 0 Å². The summed E-state index contributed by atoms with van der Waals surface area (Å²) >= 11 is 0. The van der Waals surface area contributed by atoms with Gasteiger partial charge in [0.15, 0.2) is 0 Å². The Morgan fingerprint density at radius 3 is 2.95 bits per heavy atom. The fourth-order valence-corrected chi connectivity index (χ4v) is 3.10. The van der Waals surface area contributed by atoms with Crippen LogP contribution in [0.4, 0.5) is 4.39 Å². The number of hydrogen-bond acceptors (Lipinski definition) is 3. The fourth-order valence-electron chi connectivity index (χ4n) is 3.10. The zero-order valence-corrected chi connectivity index (χ0v) is 11.7. The molecule has 0 spiro atoms. The van der Waals surface area contributed by atoms with E-state index < -0.39 is 0 Å². The molecule has 1 aliphatic rings. The Hall–Kier alpha value is -1.13. The van der Waals surface area contributed by atoms with E-state index in [1.54, 1.807) is 19.2 Å². The van der Waals surface area contributed by atoms with Gasteiger partial charge in [-0.1, -0.05) is 0 Å². The van der Waals surface area contributed by atoms with Crippen LogP contribution in [0.3, 0.4) is 0 Å². The van der Waals surface area contributed by atoms with Crippen LogP contribution in [0, 0.1) is 11.7 Å². The number of ether oxygens (including phenoxy) is 1. The van der Waals surface area contributed by atoms with E-state index >= 15 is 0 Å². The average Bonchev–Trinajstić information content (AvgIpc) is 2.40. The summed E-state index contributed by atoms with van der Waals surface area (Å²) in [5.74, 6) is 1.15. The average molecular weight is 266 g/mol. The smallest absolute Gasteiger partial charge is 0.123 e. The molecule has 1 aliphatic heterocycles. The van der Waals surface area contributed by atoms with Gasteiger partial charge in [-0.05, 0) is 57.1 Å². The van der Waals surface area contributed by atoms with Gasteiger partial charge in [-0.2, -0.15) is 0 Å². The molecule has 1 aromatic carbocycles. The highest BCUT2D eigenvalue weighted by Crippen LogP contribution is 2.35. The molecule has 3 nitrogen and oxygen atoms in total. The SMILES string of the molecule is COc1ccc(F)cc1C(CN)C1CCCN(C)C1. The normalized spacial score (nSPS) is 22.2. The second-order valence-electron chi connectivity index (χ2n) is 5.39. The highest BCUT2D eigenvalue weighted by molar-refractivity contribution is 5.37. The maximum atomic E-state index is 13.5. The number of piperidine rings is 1. The summed E-state index contributed by atoms with van der Waals surface area (Å²) in [6, 6.07) is 4.70. The third-order valence-corrected chi connectivity index (χ3v) is 4.08. The van der Waals surface area contributed by atoms with Crippen LogP contribution < -0.4 is 10.5 Å². The topological polar surface area (TPSA) is 38.5 Å². The summed E-state index contributed by atoms with van der Waals surface area (Å²) in [5, 5.41) is 0. The van der Waals surface area contributed by atoms with Crippen molar-refractivity contribution >= 4 is 0 Å². The van der Waals surface area contributed by atoms with Crippen molar-refractivity contribution in [3.8, 4) is 5.75 Å². The Kier molecular flexibility index (Phi) is 4.77. The lowest BCUT2D eigenvalue weighted by atomic mass is 9.80. The first kappa shape index (κ1) is 14.3. The maximum absolute atomic E-state index is 13.5. The first-order valence-electron chi connectivity index (χ1n) is 6.87. The van der Waals surface area contributed by atoms with Crippen LogP contribution in [0.1, 0.15) is 24.3 Å². The number of halogens is 1. The number of nitrogens with two attached hydrogens (primary N) is 1. The van der Waals surface area contributed by atoms with Gasteiger partial charge in [-0.25, -0.2) is 4.39 Å². The molecule has 2 N–H and O–H groups in total. The molecular formula is C15H23FN2O. The Balaban J connectivity index is 2.27. The highest BCUT2D eigenvalue weighted by atomic mass is 19.1. The lowest BCUT2D eigenvalue weighted by Crippen LogP contribution is -2.37. The third kappa shape index (κ3) is 3.25. The molecule has 2 rings (SSSR count). The maximum Gasteiger partial charge on any atom is 0.123 e. The van der Waals surface area contributed by atoms with Crippen LogP contribution in [0.15, 0.2) is 18.2 Å². The van der Waals surface area contributed by atoms with Gasteiger partial charge in [0.2, 0.25) is 0 Å². The van der Waals surface area contributed by atoms with Crippen molar-refractivity contribution in [1.82, 2.24) is 4.90 Å². The molecule has 0 amide bonds. The van der Waals surface area contributed by atoms with Crippen molar-refractivity contribution in [2.45, 2.75) is 18.8 Å². The first-order chi connectivity index (χ1) is 9.15. The molecule has 1 fully saturated rings. The summed E-state index contributed by atoms with van der Waals surface area (Å²) in [6.07, 6.45) is 2.32. The Morgan fingerprint density at radius 1 is 1.53 bits per heavy atom. The van der Waals surface area contributed by atoms with Crippen molar-refractivity contribution < 1.29 is 9.13 Å². The van der Waals surface area contributed by atoms with Crippen molar-refractivity contribution in [3.63, 3.8) is 0 Å². The van der Waals surface area contributed by atoms with Gasteiger partial charge in [0.05, 0.1) is 7.11 Å². The monoisotopic (exact) mass is 266 g/mol. The molecule has 2 unspecified atom stereocenters. The molecular weight excluding hydrogens is 243 g/mol. The minimum absolute atomic E-state index is 0.161. The summed E-state index contributed by atoms with van der Waals surface area (Å²) < 4.78 is 18.9. The second-order valence-corrected chi connectivity index (χ2v) is 5.39. The van der Waals surface area contributed by atoms with Gasteiger partial charge in [-0.3, -0.25) is 0 Å². The van der Waals surface area contributed by atoms with E-state index in [1.165, 1.54) is 12.5 Å². The zero-order valence-electron chi connectivity index (χ0n) is 11.7. The van der Waals surface area contributed by atoms with E-state index in [9.17, 15) is 4.39 Å². The molecule has 1 saturated heterocycles. The summed E-state index contributed by atoms with van der Waals surface area (Å²) in [6.45, 7) is 2.67. The number of methoxy groups -OCH3 is 1. The van der Waals surface area contributed by atoms with Crippen molar-refractivity contribution in [1.29, 1.82) is 0 Å². The zero-order chi connectivity index (χ0) is 13.8. The predicted octanol–water partition coefficient (Wildman–Crippen LogP) is 2.22. The summed E-state index contributed by atoms with van der Waals surface area (Å²) in [7, 11) is 3.75. The fraction of sp³-hybridized carbons (Fsp3) is 0.600. The first-order valence-corrected chi connectivity index (χ1v) is 6.87. The number of rotatable bonds is 4. The Labute approximate surface area is 114 Å². The van der Waals surface area contributed by atoms with Crippen LogP contribution in [0.5, 0.6) is 5.75 Å². The Bertz CT molecular complexity index is 425. The van der Waals surface area contributed by atoms with E-state index in [1.807, 2.05) is 0 Å². The van der Waals surface area contributed by atoms with Crippen LogP contribution in [-0.2, 0) is 0 Å². The third-order valence-electron chi connectivity index (χ3n) is 4.08. The van der Waals surface area contributed by atoms with Crippen LogP contribution in [0.25, 0.3) is 0 Å². The van der Waals surface area contributed by atoms with Crippen molar-refractivity contribution in [2.24, 2.45) is 11.7 Å². The molecule has 0 bridgehead atoms. The lowest BCUT2D eigenvalue weighted by molar-refractivity contribution is 0.187. The molecule has 2 atom stereocenters. The molecule has 0 aliphatic carbocycles. The number of hydrogen-bond donors (Lipinski definition) is 1. The van der Waals surface area contributed by atoms with E-state index in [2.05, 4.69) is 11.9 Å². The molecule has 19 heavy (non-hydrogen) atoms. The second kappa shape index (κ2) is 6.35. The summed E-state index contributed by atoms with van der Waals surface area (Å²) in [5.41, 5.74) is 6.87. The number of nitrogens with zero attached hydrogens (tertiary/aromatic N) is 1. The van der Waals surface area contributed by atoms with Gasteiger partial charge in [0.1, 0.15) is 11.6 Å². The number of benzene rings is 1. The van der Waals surface area contributed by atoms with Gasteiger partial charge in [-0.15, -0.1) is 0 Å². The highest BCUT2D eigenvalue weighted by Gasteiger charge is 2.28. The Morgan fingerprint density at radius 2 is 2.32 bits per heavy atom. The van der Waals surface area contributed by atoms with Gasteiger partial charge < -0.3 is 15.4 Å². The van der Waals surface area contributed by atoms with Crippen molar-refractivity contribution in [2.75, 3.05) is 33.8 Å². The standard InChI is InChI=1S/C15H23FN2O/c1-18-7-3-4-11(10-18)14(9-17)13-8-12(16)5-6-15(13)19-2/h5-6,8,11,14H,3-4,7,9-10,17H2,1-2H3. The molecule has 4 heteroatoms. The van der Waals surface area contributed by atoms with E-state index in [0.29, 0.717) is 12.5 Å². The van der Waals surface area contributed by atoms with Gasteiger partial charge >= 0.3 is 0 Å². The van der Waals surface area contributed by atoms with Gasteiger partial charge in [0, 0.05) is 18.0 Å². The van der Waals surface area contributed by atoms with E-state index in [0.717, 1.165) is 30.8 Å². The molecule has 0 saturated carbocycles. The quantitative estimate of drug-likeness (QED) is 0.908. The van der Waals surface area contributed by atoms with Gasteiger partial charge in [0.25, 0.3) is 0 Å². The van der Waals surface area contributed by atoms with Crippen LogP contribution in [0.2, 0.25) is 0 Å². The van der Waals surface area contributed by atoms with E-state index in [4.69, 9.17) is 10.5 Å². The molecule has 0 radical (unpaired) electrons. The molecule has 0 aromatic heterocycles.